The molecule has 0 spiro atoms. The van der Waals surface area contributed by atoms with Crippen molar-refractivity contribution in [2.45, 2.75) is 32.0 Å². The van der Waals surface area contributed by atoms with Crippen LogP contribution in [0.5, 0.6) is 0 Å². The summed E-state index contributed by atoms with van der Waals surface area (Å²) in [5.41, 5.74) is -1.20. The Balaban J connectivity index is 2.08. The Labute approximate surface area is 119 Å². The number of benzene rings is 1. The normalized spacial score (nSPS) is 14.7. The Morgan fingerprint density at radius 2 is 1.90 bits per heavy atom. The maximum atomic E-state index is 12.8. The van der Waals surface area contributed by atoms with Gasteiger partial charge in [-0.3, -0.25) is 9.59 Å². The van der Waals surface area contributed by atoms with Crippen molar-refractivity contribution in [2.75, 3.05) is 11.9 Å². The standard InChI is InChI=1S/C14H15F3N2O2/c1-9(20)19(10-6-7-10)8-13(21)18-12-5-3-2-4-11(12)14(15,16)17/h2-5,10H,6-8H2,1H3,(H,18,21). The Hall–Kier alpha value is -2.05. The first-order valence-corrected chi connectivity index (χ1v) is 6.52. The molecule has 0 heterocycles. The minimum Gasteiger partial charge on any atom is -0.331 e. The quantitative estimate of drug-likeness (QED) is 0.929. The number of carbonyl (C=O) groups is 2. The molecule has 1 saturated carbocycles. The van der Waals surface area contributed by atoms with Gasteiger partial charge < -0.3 is 10.2 Å². The molecule has 114 valence electrons. The number of halogens is 3. The minimum atomic E-state index is -4.54. The van der Waals surface area contributed by atoms with Crippen LogP contribution < -0.4 is 5.32 Å². The fourth-order valence-electron chi connectivity index (χ4n) is 2.07. The van der Waals surface area contributed by atoms with Gasteiger partial charge in [0.05, 0.1) is 11.3 Å². The van der Waals surface area contributed by atoms with Gasteiger partial charge in [0.25, 0.3) is 0 Å². The zero-order valence-corrected chi connectivity index (χ0v) is 11.4. The van der Waals surface area contributed by atoms with E-state index in [0.29, 0.717) is 0 Å². The highest BCUT2D eigenvalue weighted by molar-refractivity contribution is 5.95. The monoisotopic (exact) mass is 300 g/mol. The number of hydrogen-bond acceptors (Lipinski definition) is 2. The van der Waals surface area contributed by atoms with Gasteiger partial charge in [-0.05, 0) is 25.0 Å². The molecule has 0 aromatic heterocycles. The number of anilines is 1. The first-order valence-electron chi connectivity index (χ1n) is 6.52. The lowest BCUT2D eigenvalue weighted by atomic mass is 10.1. The third kappa shape index (κ3) is 3.96. The number of carbonyl (C=O) groups excluding carboxylic acids is 2. The summed E-state index contributed by atoms with van der Waals surface area (Å²) in [6.07, 6.45) is -2.89. The van der Waals surface area contributed by atoms with Crippen molar-refractivity contribution in [2.24, 2.45) is 0 Å². The molecule has 0 radical (unpaired) electrons. The smallest absolute Gasteiger partial charge is 0.331 e. The highest BCUT2D eigenvalue weighted by Crippen LogP contribution is 2.34. The number of para-hydroxylation sites is 1. The number of nitrogens with one attached hydrogen (secondary N) is 1. The Bertz CT molecular complexity index is 553. The van der Waals surface area contributed by atoms with Crippen LogP contribution in [-0.4, -0.2) is 29.3 Å². The lowest BCUT2D eigenvalue weighted by Gasteiger charge is -2.20. The van der Waals surface area contributed by atoms with Crippen LogP contribution in [0.25, 0.3) is 0 Å². The van der Waals surface area contributed by atoms with Gasteiger partial charge in [-0.1, -0.05) is 12.1 Å². The molecule has 0 aliphatic heterocycles. The summed E-state index contributed by atoms with van der Waals surface area (Å²) in [5.74, 6) is -0.884. The molecule has 1 fully saturated rings. The second kappa shape index (κ2) is 5.75. The van der Waals surface area contributed by atoms with Crippen molar-refractivity contribution >= 4 is 17.5 Å². The molecule has 0 atom stereocenters. The molecule has 7 heteroatoms. The summed E-state index contributed by atoms with van der Waals surface area (Å²) < 4.78 is 38.4. The second-order valence-corrected chi connectivity index (χ2v) is 4.97. The number of rotatable bonds is 4. The fraction of sp³-hybridized carbons (Fsp3) is 0.429. The number of amides is 2. The lowest BCUT2D eigenvalue weighted by molar-refractivity contribution is -0.137. The van der Waals surface area contributed by atoms with E-state index in [1.807, 2.05) is 0 Å². The van der Waals surface area contributed by atoms with Crippen LogP contribution in [0, 0.1) is 0 Å². The van der Waals surface area contributed by atoms with Crippen LogP contribution in [0.1, 0.15) is 25.3 Å². The minimum absolute atomic E-state index is 0.0334. The average Bonchev–Trinajstić information content (AvgIpc) is 3.19. The van der Waals surface area contributed by atoms with Crippen molar-refractivity contribution < 1.29 is 22.8 Å². The van der Waals surface area contributed by atoms with Crippen LogP contribution in [0.4, 0.5) is 18.9 Å². The van der Waals surface area contributed by atoms with E-state index in [1.165, 1.54) is 30.0 Å². The van der Waals surface area contributed by atoms with Gasteiger partial charge in [-0.2, -0.15) is 13.2 Å². The first-order chi connectivity index (χ1) is 9.79. The van der Waals surface area contributed by atoms with E-state index in [-0.39, 0.29) is 24.2 Å². The van der Waals surface area contributed by atoms with Crippen LogP contribution >= 0.6 is 0 Å². The van der Waals surface area contributed by atoms with Crippen LogP contribution in [0.15, 0.2) is 24.3 Å². The first kappa shape index (κ1) is 15.3. The van der Waals surface area contributed by atoms with Gasteiger partial charge in [0.2, 0.25) is 11.8 Å². The number of hydrogen-bond donors (Lipinski definition) is 1. The predicted octanol–water partition coefficient (Wildman–Crippen LogP) is 2.65. The summed E-state index contributed by atoms with van der Waals surface area (Å²) in [7, 11) is 0. The molecule has 1 aromatic rings. The average molecular weight is 300 g/mol. The van der Waals surface area contributed by atoms with Crippen LogP contribution in [0.3, 0.4) is 0 Å². The van der Waals surface area contributed by atoms with E-state index in [0.717, 1.165) is 18.9 Å². The molecular weight excluding hydrogens is 285 g/mol. The van der Waals surface area contributed by atoms with E-state index < -0.39 is 17.6 Å². The van der Waals surface area contributed by atoms with Crippen molar-refractivity contribution in [3.05, 3.63) is 29.8 Å². The topological polar surface area (TPSA) is 49.4 Å². The van der Waals surface area contributed by atoms with Gasteiger partial charge in [-0.15, -0.1) is 0 Å². The van der Waals surface area contributed by atoms with E-state index in [4.69, 9.17) is 0 Å². The van der Waals surface area contributed by atoms with Crippen LogP contribution in [-0.2, 0) is 15.8 Å². The maximum Gasteiger partial charge on any atom is 0.418 e. The molecule has 2 rings (SSSR count). The summed E-state index contributed by atoms with van der Waals surface area (Å²) in [4.78, 5) is 24.7. The lowest BCUT2D eigenvalue weighted by Crippen LogP contribution is -2.38. The Morgan fingerprint density at radius 3 is 2.43 bits per heavy atom. The van der Waals surface area contributed by atoms with Gasteiger partial charge >= 0.3 is 6.18 Å². The molecule has 0 bridgehead atoms. The van der Waals surface area contributed by atoms with E-state index >= 15 is 0 Å². The van der Waals surface area contributed by atoms with Crippen LogP contribution in [0.2, 0.25) is 0 Å². The maximum absolute atomic E-state index is 12.8. The predicted molar refractivity (Wildman–Crippen MR) is 70.5 cm³/mol. The summed E-state index contributed by atoms with van der Waals surface area (Å²) in [6.45, 7) is 1.11. The van der Waals surface area contributed by atoms with Gasteiger partial charge in [0.15, 0.2) is 0 Å². The van der Waals surface area contributed by atoms with Crippen molar-refractivity contribution in [1.82, 2.24) is 4.90 Å². The SMILES string of the molecule is CC(=O)N(CC(=O)Nc1ccccc1C(F)(F)F)C1CC1. The number of nitrogens with zero attached hydrogens (tertiary/aromatic N) is 1. The Morgan fingerprint density at radius 1 is 1.29 bits per heavy atom. The molecule has 0 saturated heterocycles. The molecule has 1 aliphatic carbocycles. The zero-order valence-electron chi connectivity index (χ0n) is 11.4. The van der Waals surface area contributed by atoms with E-state index in [9.17, 15) is 22.8 Å². The molecular formula is C14H15F3N2O2. The number of alkyl halides is 3. The molecule has 1 N–H and O–H groups in total. The highest BCUT2D eigenvalue weighted by atomic mass is 19.4. The molecule has 2 amide bonds. The molecule has 4 nitrogen and oxygen atoms in total. The molecule has 1 aliphatic rings. The van der Waals surface area contributed by atoms with Crippen molar-refractivity contribution in [3.8, 4) is 0 Å². The molecule has 0 unspecified atom stereocenters. The van der Waals surface area contributed by atoms with E-state index in [1.54, 1.807) is 0 Å². The van der Waals surface area contributed by atoms with Crippen molar-refractivity contribution in [3.63, 3.8) is 0 Å². The molecule has 21 heavy (non-hydrogen) atoms. The van der Waals surface area contributed by atoms with Gasteiger partial charge in [0, 0.05) is 13.0 Å². The van der Waals surface area contributed by atoms with E-state index in [2.05, 4.69) is 5.32 Å². The van der Waals surface area contributed by atoms with Crippen molar-refractivity contribution in [1.29, 1.82) is 0 Å². The third-order valence-corrected chi connectivity index (χ3v) is 3.21. The largest absolute Gasteiger partial charge is 0.418 e. The molecule has 1 aromatic carbocycles. The van der Waals surface area contributed by atoms with Gasteiger partial charge in [-0.25, -0.2) is 0 Å². The highest BCUT2D eigenvalue weighted by Gasteiger charge is 2.35. The zero-order chi connectivity index (χ0) is 15.6. The summed E-state index contributed by atoms with van der Waals surface area (Å²) in [5, 5.41) is 2.23. The Kier molecular flexibility index (Phi) is 4.20. The fourth-order valence-corrected chi connectivity index (χ4v) is 2.07. The third-order valence-electron chi connectivity index (χ3n) is 3.21. The summed E-state index contributed by atoms with van der Waals surface area (Å²) in [6, 6.07) is 4.79. The van der Waals surface area contributed by atoms with Gasteiger partial charge in [0.1, 0.15) is 6.54 Å². The summed E-state index contributed by atoms with van der Waals surface area (Å²) >= 11 is 0. The second-order valence-electron chi connectivity index (χ2n) is 4.97.